The average molecular weight is 533 g/mol. The quantitative estimate of drug-likeness (QED) is 0.269. The van der Waals surface area contributed by atoms with Crippen LogP contribution in [0.4, 0.5) is 5.00 Å². The molecule has 0 radical (unpaired) electrons. The molecule has 0 saturated heterocycles. The third-order valence-corrected chi connectivity index (χ3v) is 9.40. The number of anilines is 1. The molecule has 3 aromatic rings. The van der Waals surface area contributed by atoms with Gasteiger partial charge in [-0.15, -0.1) is 32.9 Å². The van der Waals surface area contributed by atoms with Gasteiger partial charge in [-0.25, -0.2) is 4.79 Å². The molecule has 0 bridgehead atoms. The highest BCUT2D eigenvalue weighted by Gasteiger charge is 2.29. The second kappa shape index (κ2) is 11.3. The first-order chi connectivity index (χ1) is 16.9. The first-order valence-electron chi connectivity index (χ1n) is 12.1. The van der Waals surface area contributed by atoms with Gasteiger partial charge in [0.15, 0.2) is 11.0 Å². The Labute approximate surface area is 218 Å². The molecule has 1 unspecified atom stereocenters. The van der Waals surface area contributed by atoms with Gasteiger partial charge in [-0.1, -0.05) is 25.6 Å². The summed E-state index contributed by atoms with van der Waals surface area (Å²) in [6.07, 6.45) is 3.76. The van der Waals surface area contributed by atoms with Crippen molar-refractivity contribution in [2.45, 2.75) is 72.0 Å². The van der Waals surface area contributed by atoms with Crippen LogP contribution < -0.4 is 5.32 Å². The summed E-state index contributed by atoms with van der Waals surface area (Å²) < 4.78 is 7.38. The SMILES string of the molecule is CCOC(=O)c1c(NC(=O)CSc2nnc(-c3csc(C)c3CC)n2CC)sc2c1CCC(C)C2. The predicted molar refractivity (Wildman–Crippen MR) is 144 cm³/mol. The Morgan fingerprint density at radius 2 is 2.09 bits per heavy atom. The topological polar surface area (TPSA) is 86.1 Å². The van der Waals surface area contributed by atoms with Crippen LogP contribution in [-0.2, 0) is 35.3 Å². The van der Waals surface area contributed by atoms with E-state index >= 15 is 0 Å². The number of aromatic nitrogens is 3. The number of carbonyl (C=O) groups excluding carboxylic acids is 2. The number of ether oxygens (including phenoxy) is 1. The van der Waals surface area contributed by atoms with Crippen molar-refractivity contribution in [3.8, 4) is 11.4 Å². The van der Waals surface area contributed by atoms with Gasteiger partial charge in [-0.2, -0.15) is 0 Å². The van der Waals surface area contributed by atoms with Crippen molar-refractivity contribution in [3.63, 3.8) is 0 Å². The minimum Gasteiger partial charge on any atom is -0.462 e. The number of nitrogens with one attached hydrogen (secondary N) is 1. The van der Waals surface area contributed by atoms with Crippen LogP contribution in [0.15, 0.2) is 10.5 Å². The van der Waals surface area contributed by atoms with Gasteiger partial charge in [0, 0.05) is 27.2 Å². The smallest absolute Gasteiger partial charge is 0.341 e. The molecule has 0 aromatic carbocycles. The number of thioether (sulfide) groups is 1. The molecule has 7 nitrogen and oxygen atoms in total. The number of thiophene rings is 2. The number of amides is 1. The van der Waals surface area contributed by atoms with E-state index in [0.717, 1.165) is 42.6 Å². The van der Waals surface area contributed by atoms with Crippen molar-refractivity contribution < 1.29 is 14.3 Å². The molecule has 3 aromatic heterocycles. The lowest BCUT2D eigenvalue weighted by Crippen LogP contribution is -2.18. The zero-order valence-electron chi connectivity index (χ0n) is 20.9. The third kappa shape index (κ3) is 5.34. The first-order valence-corrected chi connectivity index (χ1v) is 14.8. The van der Waals surface area contributed by atoms with E-state index in [0.29, 0.717) is 34.8 Å². The molecule has 1 amide bonds. The summed E-state index contributed by atoms with van der Waals surface area (Å²) in [6.45, 7) is 11.4. The lowest BCUT2D eigenvalue weighted by molar-refractivity contribution is -0.113. The van der Waals surface area contributed by atoms with Gasteiger partial charge in [0.25, 0.3) is 0 Å². The molecule has 4 rings (SSSR count). The van der Waals surface area contributed by atoms with Crippen molar-refractivity contribution in [1.82, 2.24) is 14.8 Å². The van der Waals surface area contributed by atoms with Crippen LogP contribution in [-0.4, -0.2) is 39.0 Å². The van der Waals surface area contributed by atoms with Crippen molar-refractivity contribution in [1.29, 1.82) is 0 Å². The van der Waals surface area contributed by atoms with Crippen LogP contribution in [0.1, 0.15) is 65.4 Å². The van der Waals surface area contributed by atoms with E-state index in [1.165, 1.54) is 38.4 Å². The van der Waals surface area contributed by atoms with Gasteiger partial charge in [-0.3, -0.25) is 4.79 Å². The molecule has 3 heterocycles. The van der Waals surface area contributed by atoms with Crippen molar-refractivity contribution >= 4 is 51.3 Å². The van der Waals surface area contributed by atoms with E-state index in [2.05, 4.69) is 53.2 Å². The van der Waals surface area contributed by atoms with Gasteiger partial charge in [-0.05, 0) is 63.5 Å². The maximum absolute atomic E-state index is 12.9. The third-order valence-electron chi connectivity index (χ3n) is 6.31. The molecule has 1 aliphatic carbocycles. The summed E-state index contributed by atoms with van der Waals surface area (Å²) >= 11 is 4.60. The van der Waals surface area contributed by atoms with E-state index in [1.54, 1.807) is 18.3 Å². The van der Waals surface area contributed by atoms with Gasteiger partial charge >= 0.3 is 5.97 Å². The van der Waals surface area contributed by atoms with Gasteiger partial charge < -0.3 is 14.6 Å². The van der Waals surface area contributed by atoms with E-state index in [-0.39, 0.29) is 17.6 Å². The maximum Gasteiger partial charge on any atom is 0.341 e. The highest BCUT2D eigenvalue weighted by molar-refractivity contribution is 7.99. The van der Waals surface area contributed by atoms with E-state index < -0.39 is 0 Å². The molecule has 188 valence electrons. The molecule has 1 N–H and O–H groups in total. The number of fused-ring (bicyclic) bond motifs is 1. The van der Waals surface area contributed by atoms with Crippen LogP contribution in [0.2, 0.25) is 0 Å². The number of rotatable bonds is 9. The minimum atomic E-state index is -0.351. The fraction of sp³-hybridized carbons (Fsp3) is 0.520. The lowest BCUT2D eigenvalue weighted by atomic mass is 9.88. The summed E-state index contributed by atoms with van der Waals surface area (Å²) in [7, 11) is 0. The molecular formula is C25H32N4O3S3. The van der Waals surface area contributed by atoms with Gasteiger partial charge in [0.05, 0.1) is 17.9 Å². The second-order valence-corrected chi connectivity index (χ2v) is 11.8. The Morgan fingerprint density at radius 3 is 2.80 bits per heavy atom. The van der Waals surface area contributed by atoms with Gasteiger partial charge in [0.2, 0.25) is 5.91 Å². The van der Waals surface area contributed by atoms with Crippen molar-refractivity contribution in [3.05, 3.63) is 31.8 Å². The molecule has 1 aliphatic rings. The number of carbonyl (C=O) groups is 2. The van der Waals surface area contributed by atoms with Crippen LogP contribution in [0.25, 0.3) is 11.4 Å². The zero-order valence-corrected chi connectivity index (χ0v) is 23.3. The first kappa shape index (κ1) is 25.9. The number of esters is 1. The normalized spacial score (nSPS) is 15.2. The molecule has 0 spiro atoms. The number of aryl methyl sites for hydroxylation is 1. The summed E-state index contributed by atoms with van der Waals surface area (Å²) in [5.41, 5.74) is 4.01. The fourth-order valence-corrected chi connectivity index (χ4v) is 7.69. The summed E-state index contributed by atoms with van der Waals surface area (Å²) in [4.78, 5) is 28.1. The van der Waals surface area contributed by atoms with Crippen molar-refractivity contribution in [2.24, 2.45) is 5.92 Å². The highest BCUT2D eigenvalue weighted by Crippen LogP contribution is 2.40. The molecule has 1 atom stereocenters. The Morgan fingerprint density at radius 1 is 1.29 bits per heavy atom. The summed E-state index contributed by atoms with van der Waals surface area (Å²) in [5, 5.41) is 15.3. The molecule has 10 heteroatoms. The minimum absolute atomic E-state index is 0.167. The van der Waals surface area contributed by atoms with Crippen molar-refractivity contribution in [2.75, 3.05) is 17.7 Å². The average Bonchev–Trinajstić information content (AvgIpc) is 3.51. The Kier molecular flexibility index (Phi) is 8.34. The van der Waals surface area contributed by atoms with Gasteiger partial charge in [0.1, 0.15) is 5.00 Å². The monoisotopic (exact) mass is 532 g/mol. The molecule has 0 fully saturated rings. The highest BCUT2D eigenvalue weighted by atomic mass is 32.2. The standard InChI is InChI=1S/C25H32N4O3S3/c1-6-16-15(5)33-12-18(16)22-27-28-25(29(22)7-2)34-13-20(30)26-23-21(24(31)32-8-3)17-10-9-14(4)11-19(17)35-23/h12,14H,6-11,13H2,1-5H3,(H,26,30). The van der Waals surface area contributed by atoms with Crippen LogP contribution in [0, 0.1) is 12.8 Å². The second-order valence-electron chi connectivity index (χ2n) is 8.70. The van der Waals surface area contributed by atoms with E-state index in [1.807, 2.05) is 0 Å². The Balaban J connectivity index is 1.50. The summed E-state index contributed by atoms with van der Waals surface area (Å²) in [5.74, 6) is 1.09. The maximum atomic E-state index is 12.9. The lowest BCUT2D eigenvalue weighted by Gasteiger charge is -2.18. The van der Waals surface area contributed by atoms with Crippen LogP contribution in [0.3, 0.4) is 0 Å². The molecule has 0 saturated carbocycles. The predicted octanol–water partition coefficient (Wildman–Crippen LogP) is 5.99. The molecule has 0 aliphatic heterocycles. The largest absolute Gasteiger partial charge is 0.462 e. The van der Waals surface area contributed by atoms with Crippen LogP contribution in [0.5, 0.6) is 0 Å². The molecular weight excluding hydrogens is 501 g/mol. The Bertz CT molecular complexity index is 1230. The Hall–Kier alpha value is -2.17. The summed E-state index contributed by atoms with van der Waals surface area (Å²) in [6, 6.07) is 0. The fourth-order valence-electron chi connectivity index (χ4n) is 4.54. The van der Waals surface area contributed by atoms with E-state index in [9.17, 15) is 9.59 Å². The number of nitrogens with zero attached hydrogens (tertiary/aromatic N) is 3. The number of hydrogen-bond acceptors (Lipinski definition) is 8. The number of hydrogen-bond donors (Lipinski definition) is 1. The zero-order chi connectivity index (χ0) is 25.1. The van der Waals surface area contributed by atoms with Crippen LogP contribution >= 0.6 is 34.4 Å². The van der Waals surface area contributed by atoms with E-state index in [4.69, 9.17) is 4.74 Å². The molecule has 35 heavy (non-hydrogen) atoms.